The molecule has 0 unspecified atom stereocenters. The summed E-state index contributed by atoms with van der Waals surface area (Å²) in [6, 6.07) is 5.62. The molecule has 1 aliphatic rings. The molecule has 0 heterocycles. The summed E-state index contributed by atoms with van der Waals surface area (Å²) in [5.41, 5.74) is 7.62. The molecule has 16 heavy (non-hydrogen) atoms. The van der Waals surface area contributed by atoms with Crippen molar-refractivity contribution in [2.45, 2.75) is 44.7 Å². The highest BCUT2D eigenvalue weighted by atomic mass is 19.1. The van der Waals surface area contributed by atoms with E-state index in [0.29, 0.717) is 5.56 Å². The second-order valence-electron chi connectivity index (χ2n) is 4.61. The lowest BCUT2D eigenvalue weighted by Gasteiger charge is -2.30. The van der Waals surface area contributed by atoms with Crippen molar-refractivity contribution in [1.82, 2.24) is 0 Å². The Bertz CT molecular complexity index is 365. The molecule has 0 bridgehead atoms. The maximum absolute atomic E-state index is 13.4. The van der Waals surface area contributed by atoms with Crippen molar-refractivity contribution in [2.24, 2.45) is 5.73 Å². The molecule has 0 amide bonds. The van der Waals surface area contributed by atoms with Crippen molar-refractivity contribution in [1.29, 1.82) is 0 Å². The molecule has 3 N–H and O–H groups in total. The minimum Gasteiger partial charge on any atom is -0.380 e. The third kappa shape index (κ3) is 2.35. The summed E-state index contributed by atoms with van der Waals surface area (Å²) in [6.45, 7) is 1.80. The summed E-state index contributed by atoms with van der Waals surface area (Å²) in [7, 11) is 0. The Morgan fingerprint density at radius 1 is 1.31 bits per heavy atom. The number of hydrogen-bond acceptors (Lipinski definition) is 2. The molecule has 2 rings (SSSR count). The standard InChI is InChI=1S/C13H19FN2/c1-9-10(14)5-4-8-12(9)16-13-7-3-2-6-11(13)15/h4-5,8,11,13,16H,2-3,6-7,15H2,1H3/t11-,13-/m0/s1. The van der Waals surface area contributed by atoms with E-state index >= 15 is 0 Å². The molecule has 1 saturated carbocycles. The monoisotopic (exact) mass is 222 g/mol. The summed E-state index contributed by atoms with van der Waals surface area (Å²) in [5.74, 6) is -0.158. The largest absolute Gasteiger partial charge is 0.380 e. The van der Waals surface area contributed by atoms with Crippen LogP contribution in [0.15, 0.2) is 18.2 Å². The molecule has 2 atom stereocenters. The summed E-state index contributed by atoms with van der Waals surface area (Å²) < 4.78 is 13.4. The van der Waals surface area contributed by atoms with Crippen molar-refractivity contribution >= 4 is 5.69 Å². The zero-order chi connectivity index (χ0) is 11.5. The zero-order valence-electron chi connectivity index (χ0n) is 9.67. The lowest BCUT2D eigenvalue weighted by molar-refractivity contribution is 0.404. The van der Waals surface area contributed by atoms with Gasteiger partial charge < -0.3 is 11.1 Å². The van der Waals surface area contributed by atoms with Gasteiger partial charge in [-0.3, -0.25) is 0 Å². The normalized spacial score (nSPS) is 25.4. The molecule has 0 aliphatic heterocycles. The summed E-state index contributed by atoms with van der Waals surface area (Å²) in [6.07, 6.45) is 4.56. The average molecular weight is 222 g/mol. The van der Waals surface area contributed by atoms with Gasteiger partial charge in [0.25, 0.3) is 0 Å². The molecule has 0 spiro atoms. The summed E-state index contributed by atoms with van der Waals surface area (Å²) >= 11 is 0. The SMILES string of the molecule is Cc1c(F)cccc1N[C@H]1CCCC[C@@H]1N. The predicted octanol–water partition coefficient (Wildman–Crippen LogP) is 2.82. The molecular weight excluding hydrogens is 203 g/mol. The summed E-state index contributed by atoms with van der Waals surface area (Å²) in [4.78, 5) is 0. The minimum absolute atomic E-state index is 0.158. The number of nitrogens with two attached hydrogens (primary N) is 1. The summed E-state index contributed by atoms with van der Waals surface area (Å²) in [5, 5.41) is 3.37. The first-order chi connectivity index (χ1) is 7.68. The van der Waals surface area contributed by atoms with Crippen molar-refractivity contribution in [2.75, 3.05) is 5.32 Å². The number of nitrogens with one attached hydrogen (secondary N) is 1. The molecule has 1 aromatic carbocycles. The van der Waals surface area contributed by atoms with Crippen LogP contribution in [0.25, 0.3) is 0 Å². The van der Waals surface area contributed by atoms with Crippen molar-refractivity contribution in [3.63, 3.8) is 0 Å². The van der Waals surface area contributed by atoms with Gasteiger partial charge in [0, 0.05) is 23.3 Å². The first kappa shape index (κ1) is 11.4. The van der Waals surface area contributed by atoms with E-state index in [4.69, 9.17) is 5.73 Å². The first-order valence-electron chi connectivity index (χ1n) is 5.95. The quantitative estimate of drug-likeness (QED) is 0.807. The molecule has 1 aromatic rings. The lowest BCUT2D eigenvalue weighted by atomic mass is 9.90. The van der Waals surface area contributed by atoms with Gasteiger partial charge in [0.05, 0.1) is 0 Å². The van der Waals surface area contributed by atoms with E-state index < -0.39 is 0 Å². The topological polar surface area (TPSA) is 38.0 Å². The Kier molecular flexibility index (Phi) is 3.44. The Balaban J connectivity index is 2.10. The van der Waals surface area contributed by atoms with Crippen LogP contribution in [0.2, 0.25) is 0 Å². The van der Waals surface area contributed by atoms with Crippen LogP contribution in [-0.2, 0) is 0 Å². The maximum atomic E-state index is 13.4. The second kappa shape index (κ2) is 4.83. The number of benzene rings is 1. The van der Waals surface area contributed by atoms with Crippen molar-refractivity contribution in [3.05, 3.63) is 29.6 Å². The van der Waals surface area contributed by atoms with Gasteiger partial charge in [-0.15, -0.1) is 0 Å². The zero-order valence-corrected chi connectivity index (χ0v) is 9.67. The van der Waals surface area contributed by atoms with Crippen LogP contribution in [0.1, 0.15) is 31.2 Å². The van der Waals surface area contributed by atoms with Gasteiger partial charge in [-0.1, -0.05) is 18.9 Å². The third-order valence-electron chi connectivity index (χ3n) is 3.43. The lowest BCUT2D eigenvalue weighted by Crippen LogP contribution is -2.42. The number of hydrogen-bond donors (Lipinski definition) is 2. The second-order valence-corrected chi connectivity index (χ2v) is 4.61. The van der Waals surface area contributed by atoms with E-state index in [1.54, 1.807) is 13.0 Å². The molecule has 1 fully saturated rings. The van der Waals surface area contributed by atoms with Crippen LogP contribution in [0, 0.1) is 12.7 Å². The van der Waals surface area contributed by atoms with Crippen LogP contribution in [0.5, 0.6) is 0 Å². The van der Waals surface area contributed by atoms with Crippen molar-refractivity contribution < 1.29 is 4.39 Å². The highest BCUT2D eigenvalue weighted by Gasteiger charge is 2.22. The Labute approximate surface area is 96.0 Å². The van der Waals surface area contributed by atoms with Crippen LogP contribution >= 0.6 is 0 Å². The fraction of sp³-hybridized carbons (Fsp3) is 0.538. The highest BCUT2D eigenvalue weighted by Crippen LogP contribution is 2.24. The van der Waals surface area contributed by atoms with E-state index in [1.165, 1.54) is 18.9 Å². The van der Waals surface area contributed by atoms with Crippen molar-refractivity contribution in [3.8, 4) is 0 Å². The molecule has 3 heteroatoms. The fourth-order valence-electron chi connectivity index (χ4n) is 2.30. The molecule has 0 saturated heterocycles. The van der Waals surface area contributed by atoms with Gasteiger partial charge in [-0.25, -0.2) is 4.39 Å². The third-order valence-corrected chi connectivity index (χ3v) is 3.43. The van der Waals surface area contributed by atoms with Gasteiger partial charge in [0.1, 0.15) is 5.82 Å². The van der Waals surface area contributed by atoms with E-state index in [9.17, 15) is 4.39 Å². The molecule has 0 aromatic heterocycles. The van der Waals surface area contributed by atoms with Gasteiger partial charge >= 0.3 is 0 Å². The number of anilines is 1. The Hall–Kier alpha value is -1.09. The van der Waals surface area contributed by atoms with E-state index in [-0.39, 0.29) is 17.9 Å². The number of rotatable bonds is 2. The minimum atomic E-state index is -0.158. The Morgan fingerprint density at radius 2 is 2.06 bits per heavy atom. The van der Waals surface area contributed by atoms with Crippen LogP contribution in [0.4, 0.5) is 10.1 Å². The van der Waals surface area contributed by atoms with Crippen LogP contribution in [-0.4, -0.2) is 12.1 Å². The molecule has 2 nitrogen and oxygen atoms in total. The van der Waals surface area contributed by atoms with E-state index in [0.717, 1.165) is 18.5 Å². The molecule has 0 radical (unpaired) electrons. The van der Waals surface area contributed by atoms with Gasteiger partial charge in [-0.2, -0.15) is 0 Å². The van der Waals surface area contributed by atoms with Gasteiger partial charge in [0.2, 0.25) is 0 Å². The molecule has 1 aliphatic carbocycles. The highest BCUT2D eigenvalue weighted by molar-refractivity contribution is 5.51. The molecular formula is C13H19FN2. The van der Waals surface area contributed by atoms with Crippen LogP contribution < -0.4 is 11.1 Å². The maximum Gasteiger partial charge on any atom is 0.128 e. The first-order valence-corrected chi connectivity index (χ1v) is 5.95. The average Bonchev–Trinajstić information content (AvgIpc) is 2.28. The fourth-order valence-corrected chi connectivity index (χ4v) is 2.30. The Morgan fingerprint density at radius 3 is 2.81 bits per heavy atom. The van der Waals surface area contributed by atoms with Gasteiger partial charge in [-0.05, 0) is 31.9 Å². The predicted molar refractivity (Wildman–Crippen MR) is 65.0 cm³/mol. The smallest absolute Gasteiger partial charge is 0.128 e. The van der Waals surface area contributed by atoms with Gasteiger partial charge in [0.15, 0.2) is 0 Å². The van der Waals surface area contributed by atoms with E-state index in [1.807, 2.05) is 6.07 Å². The van der Waals surface area contributed by atoms with Crippen LogP contribution in [0.3, 0.4) is 0 Å². The van der Waals surface area contributed by atoms with E-state index in [2.05, 4.69) is 5.32 Å². The molecule has 88 valence electrons. The number of halogens is 1.